The molecule has 0 saturated heterocycles. The van der Waals surface area contributed by atoms with Gasteiger partial charge in [0.2, 0.25) is 0 Å². The molecule has 0 amide bonds. The van der Waals surface area contributed by atoms with E-state index in [9.17, 15) is 0 Å². The molecular formula is C15H16ClNOS. The molecule has 0 bridgehead atoms. The second-order valence-corrected chi connectivity index (χ2v) is 6.39. The summed E-state index contributed by atoms with van der Waals surface area (Å²) in [5.41, 5.74) is 1.29. The van der Waals surface area contributed by atoms with Crippen LogP contribution in [0.5, 0.6) is 5.75 Å². The van der Waals surface area contributed by atoms with Crippen LogP contribution in [-0.2, 0) is 6.42 Å². The molecule has 2 unspecified atom stereocenters. The van der Waals surface area contributed by atoms with E-state index in [-0.39, 0.29) is 12.1 Å². The Labute approximate surface area is 122 Å². The number of fused-ring (bicyclic) bond motifs is 1. The van der Waals surface area contributed by atoms with Gasteiger partial charge in [-0.25, -0.2) is 0 Å². The van der Waals surface area contributed by atoms with Crippen LogP contribution in [0.2, 0.25) is 4.34 Å². The van der Waals surface area contributed by atoms with Gasteiger partial charge in [-0.15, -0.1) is 11.3 Å². The maximum atomic E-state index is 6.09. The van der Waals surface area contributed by atoms with Crippen molar-refractivity contribution in [2.45, 2.75) is 25.5 Å². The number of hydrogen-bond acceptors (Lipinski definition) is 3. The van der Waals surface area contributed by atoms with Gasteiger partial charge in [0, 0.05) is 11.3 Å². The zero-order chi connectivity index (χ0) is 13.2. The van der Waals surface area contributed by atoms with Crippen LogP contribution in [0.1, 0.15) is 23.4 Å². The van der Waals surface area contributed by atoms with Gasteiger partial charge in [-0.2, -0.15) is 0 Å². The molecule has 1 aliphatic rings. The minimum absolute atomic E-state index is 0.145. The molecule has 1 aromatic carbocycles. The molecule has 0 saturated carbocycles. The van der Waals surface area contributed by atoms with Gasteiger partial charge in [0.1, 0.15) is 11.9 Å². The smallest absolute Gasteiger partial charge is 0.123 e. The molecule has 19 heavy (non-hydrogen) atoms. The minimum Gasteiger partial charge on any atom is -0.488 e. The van der Waals surface area contributed by atoms with Crippen LogP contribution >= 0.6 is 22.9 Å². The van der Waals surface area contributed by atoms with Gasteiger partial charge >= 0.3 is 0 Å². The Morgan fingerprint density at radius 1 is 1.37 bits per heavy atom. The fraction of sp³-hybridized carbons (Fsp3) is 0.333. The fourth-order valence-electron chi connectivity index (χ4n) is 2.53. The molecule has 1 aromatic heterocycles. The predicted molar refractivity (Wildman–Crippen MR) is 80.3 cm³/mol. The van der Waals surface area contributed by atoms with Gasteiger partial charge < -0.3 is 10.1 Å². The molecule has 2 nitrogen and oxygen atoms in total. The lowest BCUT2D eigenvalue weighted by atomic mass is 10.0. The second kappa shape index (κ2) is 5.53. The molecule has 100 valence electrons. The quantitative estimate of drug-likeness (QED) is 0.918. The summed E-state index contributed by atoms with van der Waals surface area (Å²) < 4.78 is 6.91. The number of thiophene rings is 1. The third kappa shape index (κ3) is 2.64. The molecule has 3 rings (SSSR count). The first-order valence-corrected chi connectivity index (χ1v) is 7.70. The molecule has 1 N–H and O–H groups in total. The number of likely N-dealkylation sites (N-methyl/N-ethyl adjacent to an activating group) is 1. The van der Waals surface area contributed by atoms with Gasteiger partial charge in [-0.05, 0) is 30.3 Å². The highest BCUT2D eigenvalue weighted by atomic mass is 35.5. The van der Waals surface area contributed by atoms with Gasteiger partial charge in [0.25, 0.3) is 0 Å². The average molecular weight is 294 g/mol. The SMILES string of the molecule is CCNC(c1ccc(Cl)s1)C1Cc2ccccc2O1. The molecule has 0 aliphatic carbocycles. The normalized spacial score (nSPS) is 18.9. The summed E-state index contributed by atoms with van der Waals surface area (Å²) in [6.07, 6.45) is 1.09. The molecule has 4 heteroatoms. The van der Waals surface area contributed by atoms with Crippen molar-refractivity contribution in [3.05, 3.63) is 51.2 Å². The van der Waals surface area contributed by atoms with E-state index in [0.29, 0.717) is 0 Å². The zero-order valence-corrected chi connectivity index (χ0v) is 12.3. The van der Waals surface area contributed by atoms with Crippen LogP contribution in [-0.4, -0.2) is 12.6 Å². The standard InChI is InChI=1S/C15H16ClNOS/c1-2-17-15(13-7-8-14(16)19-13)12-9-10-5-3-4-6-11(10)18-12/h3-8,12,15,17H,2,9H2,1H3. The van der Waals surface area contributed by atoms with Crippen molar-refractivity contribution in [1.82, 2.24) is 5.32 Å². The van der Waals surface area contributed by atoms with Gasteiger partial charge in [0.05, 0.1) is 10.4 Å². The number of nitrogens with one attached hydrogen (secondary N) is 1. The van der Waals surface area contributed by atoms with Crippen molar-refractivity contribution in [2.75, 3.05) is 6.54 Å². The van der Waals surface area contributed by atoms with Gasteiger partial charge in [0.15, 0.2) is 0 Å². The Morgan fingerprint density at radius 2 is 2.21 bits per heavy atom. The van der Waals surface area contributed by atoms with Crippen molar-refractivity contribution in [2.24, 2.45) is 0 Å². The molecule has 1 aliphatic heterocycles. The highest BCUT2D eigenvalue weighted by Gasteiger charge is 2.31. The molecule has 0 spiro atoms. The van der Waals surface area contributed by atoms with Crippen molar-refractivity contribution in [3.8, 4) is 5.75 Å². The summed E-state index contributed by atoms with van der Waals surface area (Å²) in [7, 11) is 0. The van der Waals surface area contributed by atoms with E-state index >= 15 is 0 Å². The first-order chi connectivity index (χ1) is 9.28. The first kappa shape index (κ1) is 13.0. The molecule has 2 heterocycles. The van der Waals surface area contributed by atoms with Gasteiger partial charge in [-0.3, -0.25) is 0 Å². The molecule has 2 atom stereocenters. The van der Waals surface area contributed by atoms with Gasteiger partial charge in [-0.1, -0.05) is 36.7 Å². The number of hydrogen-bond donors (Lipinski definition) is 1. The van der Waals surface area contributed by atoms with E-state index in [0.717, 1.165) is 23.1 Å². The maximum absolute atomic E-state index is 6.09. The summed E-state index contributed by atoms with van der Waals surface area (Å²) in [4.78, 5) is 1.24. The summed E-state index contributed by atoms with van der Waals surface area (Å²) in [6.45, 7) is 3.03. The lowest BCUT2D eigenvalue weighted by Gasteiger charge is -2.23. The van der Waals surface area contributed by atoms with E-state index in [1.54, 1.807) is 11.3 Å². The highest BCUT2D eigenvalue weighted by molar-refractivity contribution is 7.16. The Kier molecular flexibility index (Phi) is 3.78. The summed E-state index contributed by atoms with van der Waals surface area (Å²) in [5.74, 6) is 1.01. The van der Waals surface area contributed by atoms with Crippen LogP contribution < -0.4 is 10.1 Å². The summed E-state index contributed by atoms with van der Waals surface area (Å²) >= 11 is 7.67. The average Bonchev–Trinajstić information content (AvgIpc) is 3.01. The lowest BCUT2D eigenvalue weighted by molar-refractivity contribution is 0.181. The molecular weight excluding hydrogens is 278 g/mol. The third-order valence-corrected chi connectivity index (χ3v) is 4.68. The predicted octanol–water partition coefficient (Wildman–Crippen LogP) is 4.06. The van der Waals surface area contributed by atoms with E-state index < -0.39 is 0 Å². The number of rotatable bonds is 4. The topological polar surface area (TPSA) is 21.3 Å². The summed E-state index contributed by atoms with van der Waals surface area (Å²) in [6, 6.07) is 12.5. The first-order valence-electron chi connectivity index (χ1n) is 6.51. The maximum Gasteiger partial charge on any atom is 0.123 e. The van der Waals surface area contributed by atoms with E-state index in [2.05, 4.69) is 30.4 Å². The van der Waals surface area contributed by atoms with Crippen LogP contribution in [0.4, 0.5) is 0 Å². The lowest BCUT2D eigenvalue weighted by Crippen LogP contribution is -2.34. The second-order valence-electron chi connectivity index (χ2n) is 4.65. The van der Waals surface area contributed by atoms with E-state index in [1.807, 2.05) is 18.2 Å². The molecule has 0 radical (unpaired) electrons. The van der Waals surface area contributed by atoms with Crippen molar-refractivity contribution < 1.29 is 4.74 Å². The highest BCUT2D eigenvalue weighted by Crippen LogP contribution is 2.36. The van der Waals surface area contributed by atoms with Crippen molar-refractivity contribution in [3.63, 3.8) is 0 Å². The monoisotopic (exact) mass is 293 g/mol. The van der Waals surface area contributed by atoms with Crippen LogP contribution in [0, 0.1) is 0 Å². The van der Waals surface area contributed by atoms with Crippen LogP contribution in [0.25, 0.3) is 0 Å². The van der Waals surface area contributed by atoms with E-state index in [1.165, 1.54) is 10.4 Å². The number of halogens is 1. The van der Waals surface area contributed by atoms with Crippen LogP contribution in [0.15, 0.2) is 36.4 Å². The summed E-state index contributed by atoms with van der Waals surface area (Å²) in [5, 5.41) is 3.52. The third-order valence-electron chi connectivity index (χ3n) is 3.37. The number of ether oxygens (including phenoxy) is 1. The Balaban J connectivity index is 1.83. The number of para-hydroxylation sites is 1. The Bertz CT molecular complexity index is 544. The van der Waals surface area contributed by atoms with Crippen LogP contribution in [0.3, 0.4) is 0 Å². The minimum atomic E-state index is 0.145. The number of benzene rings is 1. The van der Waals surface area contributed by atoms with Crippen molar-refractivity contribution >= 4 is 22.9 Å². The Hall–Kier alpha value is -1.03. The van der Waals surface area contributed by atoms with E-state index in [4.69, 9.17) is 16.3 Å². The molecule has 0 fully saturated rings. The van der Waals surface area contributed by atoms with Crippen molar-refractivity contribution in [1.29, 1.82) is 0 Å². The molecule has 2 aromatic rings. The Morgan fingerprint density at radius 3 is 2.89 bits per heavy atom. The zero-order valence-electron chi connectivity index (χ0n) is 10.7. The fourth-order valence-corrected chi connectivity index (χ4v) is 3.72. The largest absolute Gasteiger partial charge is 0.488 e.